The first-order valence-electron chi connectivity index (χ1n) is 5.90. The molecule has 94 valence electrons. The predicted octanol–water partition coefficient (Wildman–Crippen LogP) is 4.13. The molecule has 3 rings (SSSR count). The standard InChI is InChI=1S/C15H12N2OS/c1-19-13-9-7-12(8-10-13)15-17-16-14(18-15)11-5-3-2-4-6-11/h2-10H,1H3. The molecule has 1 aromatic heterocycles. The van der Waals surface area contributed by atoms with Crippen LogP contribution in [0.25, 0.3) is 22.9 Å². The molecule has 0 amide bonds. The summed E-state index contributed by atoms with van der Waals surface area (Å²) in [5.41, 5.74) is 1.87. The van der Waals surface area contributed by atoms with Crippen LogP contribution in [0, 0.1) is 0 Å². The Kier molecular flexibility index (Phi) is 3.33. The van der Waals surface area contributed by atoms with Crippen LogP contribution in [0.1, 0.15) is 0 Å². The van der Waals surface area contributed by atoms with Crippen molar-refractivity contribution in [1.29, 1.82) is 0 Å². The van der Waals surface area contributed by atoms with Gasteiger partial charge in [0.05, 0.1) is 0 Å². The number of rotatable bonds is 3. The van der Waals surface area contributed by atoms with Gasteiger partial charge in [-0.25, -0.2) is 0 Å². The molecule has 19 heavy (non-hydrogen) atoms. The molecule has 0 saturated carbocycles. The van der Waals surface area contributed by atoms with Crippen molar-refractivity contribution < 1.29 is 4.42 Å². The highest BCUT2D eigenvalue weighted by Crippen LogP contribution is 2.25. The second-order valence-corrected chi connectivity index (χ2v) is 4.89. The SMILES string of the molecule is CSc1ccc(-c2nnc(-c3ccccc3)o2)cc1. The Morgan fingerprint density at radius 1 is 0.789 bits per heavy atom. The Morgan fingerprint density at radius 2 is 1.37 bits per heavy atom. The average molecular weight is 268 g/mol. The van der Waals surface area contributed by atoms with Gasteiger partial charge in [-0.2, -0.15) is 0 Å². The van der Waals surface area contributed by atoms with Crippen LogP contribution < -0.4 is 0 Å². The van der Waals surface area contributed by atoms with Crippen LogP contribution in [0.4, 0.5) is 0 Å². The van der Waals surface area contributed by atoms with Gasteiger partial charge in [0.1, 0.15) is 0 Å². The number of nitrogens with zero attached hydrogens (tertiary/aromatic N) is 2. The monoisotopic (exact) mass is 268 g/mol. The van der Waals surface area contributed by atoms with E-state index in [4.69, 9.17) is 4.42 Å². The molecule has 0 unspecified atom stereocenters. The van der Waals surface area contributed by atoms with E-state index in [-0.39, 0.29) is 0 Å². The summed E-state index contributed by atoms with van der Waals surface area (Å²) < 4.78 is 5.70. The summed E-state index contributed by atoms with van der Waals surface area (Å²) in [6, 6.07) is 17.9. The predicted molar refractivity (Wildman–Crippen MR) is 77.0 cm³/mol. The highest BCUT2D eigenvalue weighted by Gasteiger charge is 2.09. The topological polar surface area (TPSA) is 38.9 Å². The highest BCUT2D eigenvalue weighted by atomic mass is 32.2. The van der Waals surface area contributed by atoms with Crippen LogP contribution in [0.5, 0.6) is 0 Å². The van der Waals surface area contributed by atoms with Gasteiger partial charge in [0.15, 0.2) is 0 Å². The molecule has 2 aromatic carbocycles. The van der Waals surface area contributed by atoms with Gasteiger partial charge in [0.2, 0.25) is 11.8 Å². The zero-order valence-electron chi connectivity index (χ0n) is 10.4. The van der Waals surface area contributed by atoms with Gasteiger partial charge in [0.25, 0.3) is 0 Å². The fourth-order valence-electron chi connectivity index (χ4n) is 1.77. The van der Waals surface area contributed by atoms with E-state index in [0.717, 1.165) is 11.1 Å². The first-order chi connectivity index (χ1) is 9.36. The van der Waals surface area contributed by atoms with Gasteiger partial charge in [-0.3, -0.25) is 0 Å². The first-order valence-corrected chi connectivity index (χ1v) is 7.12. The molecule has 0 fully saturated rings. The molecular weight excluding hydrogens is 256 g/mol. The first kappa shape index (κ1) is 12.0. The molecule has 0 aliphatic heterocycles. The van der Waals surface area contributed by atoms with E-state index in [2.05, 4.69) is 16.5 Å². The second-order valence-electron chi connectivity index (χ2n) is 4.01. The maximum Gasteiger partial charge on any atom is 0.248 e. The lowest BCUT2D eigenvalue weighted by molar-refractivity contribution is 0.584. The Balaban J connectivity index is 1.92. The zero-order valence-corrected chi connectivity index (χ0v) is 11.2. The maximum atomic E-state index is 5.70. The van der Waals surface area contributed by atoms with E-state index >= 15 is 0 Å². The minimum Gasteiger partial charge on any atom is -0.416 e. The third-order valence-corrected chi connectivity index (χ3v) is 3.53. The molecule has 3 nitrogen and oxygen atoms in total. The van der Waals surface area contributed by atoms with Crippen molar-refractivity contribution in [3.63, 3.8) is 0 Å². The van der Waals surface area contributed by atoms with Crippen molar-refractivity contribution in [3.8, 4) is 22.9 Å². The lowest BCUT2D eigenvalue weighted by Crippen LogP contribution is -1.77. The van der Waals surface area contributed by atoms with E-state index in [0.29, 0.717) is 11.8 Å². The number of thioether (sulfide) groups is 1. The van der Waals surface area contributed by atoms with Gasteiger partial charge in [-0.15, -0.1) is 22.0 Å². The third kappa shape index (κ3) is 2.53. The van der Waals surface area contributed by atoms with Gasteiger partial charge < -0.3 is 4.42 Å². The summed E-state index contributed by atoms with van der Waals surface area (Å²) in [7, 11) is 0. The average Bonchev–Trinajstić information content (AvgIpc) is 2.98. The van der Waals surface area contributed by atoms with Crippen molar-refractivity contribution in [3.05, 3.63) is 54.6 Å². The smallest absolute Gasteiger partial charge is 0.248 e. The van der Waals surface area contributed by atoms with Crippen LogP contribution in [-0.4, -0.2) is 16.5 Å². The van der Waals surface area contributed by atoms with Gasteiger partial charge in [-0.1, -0.05) is 18.2 Å². The molecule has 0 atom stereocenters. The molecule has 0 spiro atoms. The Morgan fingerprint density at radius 3 is 1.95 bits per heavy atom. The molecule has 0 aliphatic rings. The van der Waals surface area contributed by atoms with E-state index in [9.17, 15) is 0 Å². The summed E-state index contributed by atoms with van der Waals surface area (Å²) in [4.78, 5) is 1.21. The van der Waals surface area contributed by atoms with E-state index < -0.39 is 0 Å². The molecule has 0 saturated heterocycles. The van der Waals surface area contributed by atoms with Crippen LogP contribution in [0.2, 0.25) is 0 Å². The molecule has 1 heterocycles. The van der Waals surface area contributed by atoms with Gasteiger partial charge in [-0.05, 0) is 42.7 Å². The fourth-order valence-corrected chi connectivity index (χ4v) is 2.18. The summed E-state index contributed by atoms with van der Waals surface area (Å²) >= 11 is 1.71. The number of hydrogen-bond donors (Lipinski definition) is 0. The molecule has 0 bridgehead atoms. The Hall–Kier alpha value is -2.07. The Labute approximate surface area is 115 Å². The van der Waals surface area contributed by atoms with Crippen LogP contribution in [0.15, 0.2) is 63.9 Å². The van der Waals surface area contributed by atoms with Gasteiger partial charge >= 0.3 is 0 Å². The third-order valence-electron chi connectivity index (χ3n) is 2.78. The molecule has 0 radical (unpaired) electrons. The second kappa shape index (κ2) is 5.28. The molecule has 0 aliphatic carbocycles. The van der Waals surface area contributed by atoms with E-state index in [1.807, 2.05) is 54.6 Å². The fraction of sp³-hybridized carbons (Fsp3) is 0.0667. The minimum atomic E-state index is 0.546. The highest BCUT2D eigenvalue weighted by molar-refractivity contribution is 7.98. The number of hydrogen-bond acceptors (Lipinski definition) is 4. The van der Waals surface area contributed by atoms with Crippen molar-refractivity contribution in [2.24, 2.45) is 0 Å². The summed E-state index contributed by atoms with van der Waals surface area (Å²) in [6.07, 6.45) is 2.05. The van der Waals surface area contributed by atoms with Crippen LogP contribution in [-0.2, 0) is 0 Å². The summed E-state index contributed by atoms with van der Waals surface area (Å²) in [6.45, 7) is 0. The zero-order chi connectivity index (χ0) is 13.1. The van der Waals surface area contributed by atoms with Crippen molar-refractivity contribution in [2.45, 2.75) is 4.90 Å². The molecule has 4 heteroatoms. The number of benzene rings is 2. The minimum absolute atomic E-state index is 0.546. The summed E-state index contributed by atoms with van der Waals surface area (Å²) in [5, 5.41) is 8.18. The molecule has 3 aromatic rings. The van der Waals surface area contributed by atoms with Gasteiger partial charge in [0, 0.05) is 16.0 Å². The summed E-state index contributed by atoms with van der Waals surface area (Å²) in [5.74, 6) is 1.09. The Bertz CT molecular complexity index is 662. The normalized spacial score (nSPS) is 10.6. The van der Waals surface area contributed by atoms with Crippen LogP contribution in [0.3, 0.4) is 0 Å². The number of aromatic nitrogens is 2. The lowest BCUT2D eigenvalue weighted by Gasteiger charge is -1.97. The largest absolute Gasteiger partial charge is 0.416 e. The van der Waals surface area contributed by atoms with Crippen LogP contribution >= 0.6 is 11.8 Å². The van der Waals surface area contributed by atoms with E-state index in [1.54, 1.807) is 11.8 Å². The van der Waals surface area contributed by atoms with E-state index in [1.165, 1.54) is 4.90 Å². The molecular formula is C15H12N2OS. The quantitative estimate of drug-likeness (QED) is 0.670. The molecule has 0 N–H and O–H groups in total. The van der Waals surface area contributed by atoms with Crippen molar-refractivity contribution >= 4 is 11.8 Å². The maximum absolute atomic E-state index is 5.70. The lowest BCUT2D eigenvalue weighted by atomic mass is 10.2. The van der Waals surface area contributed by atoms with Crippen molar-refractivity contribution in [1.82, 2.24) is 10.2 Å². The van der Waals surface area contributed by atoms with Crippen molar-refractivity contribution in [2.75, 3.05) is 6.26 Å².